The lowest BCUT2D eigenvalue weighted by atomic mass is 10.2. The van der Waals surface area contributed by atoms with Crippen LogP contribution in [0.4, 0.5) is 5.69 Å². The van der Waals surface area contributed by atoms with E-state index >= 15 is 0 Å². The summed E-state index contributed by atoms with van der Waals surface area (Å²) in [6.07, 6.45) is 0. The Morgan fingerprint density at radius 1 is 1.20 bits per heavy atom. The van der Waals surface area contributed by atoms with Crippen molar-refractivity contribution in [3.8, 4) is 11.3 Å². The number of aromatic nitrogens is 1. The molecule has 0 radical (unpaired) electrons. The van der Waals surface area contributed by atoms with Gasteiger partial charge in [-0.2, -0.15) is 8.42 Å². The minimum atomic E-state index is -4.20. The van der Waals surface area contributed by atoms with Crippen LogP contribution in [0.2, 0.25) is 5.02 Å². The van der Waals surface area contributed by atoms with Crippen molar-refractivity contribution in [1.29, 1.82) is 0 Å². The summed E-state index contributed by atoms with van der Waals surface area (Å²) in [7, 11) is -4.20. The van der Waals surface area contributed by atoms with E-state index in [1.54, 1.807) is 12.1 Å². The Hall–Kier alpha value is -1.93. The van der Waals surface area contributed by atoms with Gasteiger partial charge in [0.1, 0.15) is 0 Å². The first-order valence-electron chi connectivity index (χ1n) is 7.45. The van der Waals surface area contributed by atoms with Gasteiger partial charge in [0.25, 0.3) is 10.1 Å². The predicted octanol–water partition coefficient (Wildman–Crippen LogP) is 4.37. The zero-order chi connectivity index (χ0) is 18.0. The van der Waals surface area contributed by atoms with Crippen molar-refractivity contribution >= 4 is 38.7 Å². The van der Waals surface area contributed by atoms with Gasteiger partial charge in [-0.3, -0.25) is 4.55 Å². The monoisotopic (exact) mass is 394 g/mol. The van der Waals surface area contributed by atoms with Crippen LogP contribution in [0.5, 0.6) is 0 Å². The number of halogens is 1. The molecule has 130 valence electrons. The van der Waals surface area contributed by atoms with E-state index in [2.05, 4.69) is 9.56 Å². The van der Waals surface area contributed by atoms with Crippen LogP contribution in [0.1, 0.15) is 6.92 Å². The van der Waals surface area contributed by atoms with E-state index in [4.69, 9.17) is 16.2 Å². The van der Waals surface area contributed by atoms with Crippen molar-refractivity contribution in [2.75, 3.05) is 0 Å². The van der Waals surface area contributed by atoms with Gasteiger partial charge in [-0.15, -0.1) is 11.3 Å². The third-order valence-electron chi connectivity index (χ3n) is 3.59. The highest BCUT2D eigenvalue weighted by atomic mass is 35.5. The summed E-state index contributed by atoms with van der Waals surface area (Å²) in [5.74, 6) is 0. The molecule has 8 heteroatoms. The molecule has 0 bridgehead atoms. The molecule has 0 amide bonds. The molecule has 3 aromatic rings. The van der Waals surface area contributed by atoms with Crippen LogP contribution in [0, 0.1) is 0 Å². The zero-order valence-corrected chi connectivity index (χ0v) is 15.6. The fourth-order valence-electron chi connectivity index (χ4n) is 2.41. The van der Waals surface area contributed by atoms with Gasteiger partial charge < -0.3 is 4.57 Å². The van der Waals surface area contributed by atoms with Gasteiger partial charge in [-0.05, 0) is 43.3 Å². The molecule has 0 spiro atoms. The maximum Gasteiger partial charge on any atom is 0.294 e. The topological polar surface area (TPSA) is 71.7 Å². The smallest absolute Gasteiger partial charge is 0.294 e. The normalized spacial score (nSPS) is 12.5. The van der Waals surface area contributed by atoms with Gasteiger partial charge >= 0.3 is 0 Å². The summed E-state index contributed by atoms with van der Waals surface area (Å²) < 4.78 is 33.3. The van der Waals surface area contributed by atoms with Crippen LogP contribution in [0.15, 0.2) is 63.8 Å². The van der Waals surface area contributed by atoms with E-state index in [-0.39, 0.29) is 4.90 Å². The SMILES string of the molecule is CCn1c(-c2cccc(Cl)c2)csc1=Nc1ccc(S(=O)(=O)O)cc1. The van der Waals surface area contributed by atoms with E-state index in [9.17, 15) is 8.42 Å². The second-order valence-corrected chi connectivity index (χ2v) is 7.93. The highest BCUT2D eigenvalue weighted by Crippen LogP contribution is 2.24. The van der Waals surface area contributed by atoms with Gasteiger partial charge in [0, 0.05) is 22.5 Å². The molecule has 0 saturated carbocycles. The van der Waals surface area contributed by atoms with Crippen LogP contribution in [0.3, 0.4) is 0 Å². The molecule has 0 aliphatic carbocycles. The third kappa shape index (κ3) is 4.01. The second kappa shape index (κ2) is 7.13. The molecular weight excluding hydrogens is 380 g/mol. The van der Waals surface area contributed by atoms with E-state index in [0.717, 1.165) is 22.6 Å². The number of thiazole rings is 1. The Kier molecular flexibility index (Phi) is 5.10. The Bertz CT molecular complexity index is 1070. The quantitative estimate of drug-likeness (QED) is 0.668. The highest BCUT2D eigenvalue weighted by Gasteiger charge is 2.09. The lowest BCUT2D eigenvalue weighted by Gasteiger charge is -2.06. The summed E-state index contributed by atoms with van der Waals surface area (Å²) >= 11 is 7.57. The lowest BCUT2D eigenvalue weighted by molar-refractivity contribution is 0.483. The molecule has 0 atom stereocenters. The van der Waals surface area contributed by atoms with Crippen LogP contribution < -0.4 is 4.80 Å². The summed E-state index contributed by atoms with van der Waals surface area (Å²) in [6.45, 7) is 2.76. The number of hydrogen-bond donors (Lipinski definition) is 1. The summed E-state index contributed by atoms with van der Waals surface area (Å²) in [4.78, 5) is 5.21. The Morgan fingerprint density at radius 3 is 2.52 bits per heavy atom. The molecule has 3 rings (SSSR count). The molecule has 25 heavy (non-hydrogen) atoms. The summed E-state index contributed by atoms with van der Waals surface area (Å²) in [5, 5.41) is 2.69. The van der Waals surface area contributed by atoms with Crippen molar-refractivity contribution < 1.29 is 13.0 Å². The van der Waals surface area contributed by atoms with Gasteiger partial charge in [-0.25, -0.2) is 4.99 Å². The second-order valence-electron chi connectivity index (χ2n) is 5.24. The first-order chi connectivity index (χ1) is 11.9. The standard InChI is InChI=1S/C17H15ClN2O3S2/c1-2-20-16(12-4-3-5-13(18)10-12)11-24-17(20)19-14-6-8-15(9-7-14)25(21,22)23/h3-11H,2H2,1H3,(H,21,22,23). The molecule has 5 nitrogen and oxygen atoms in total. The predicted molar refractivity (Wildman–Crippen MR) is 99.9 cm³/mol. The molecule has 0 aliphatic rings. The van der Waals surface area contributed by atoms with Crippen LogP contribution in [-0.4, -0.2) is 17.5 Å². The molecule has 0 fully saturated rings. The van der Waals surface area contributed by atoms with Crippen LogP contribution in [0.25, 0.3) is 11.3 Å². The summed E-state index contributed by atoms with van der Waals surface area (Å²) in [5.41, 5.74) is 2.63. The Morgan fingerprint density at radius 2 is 1.92 bits per heavy atom. The maximum absolute atomic E-state index is 11.1. The number of benzene rings is 2. The van der Waals surface area contributed by atoms with Crippen molar-refractivity contribution in [3.05, 3.63) is 63.7 Å². The molecular formula is C17H15ClN2O3S2. The van der Waals surface area contributed by atoms with Gasteiger partial charge in [-0.1, -0.05) is 23.7 Å². The number of nitrogens with zero attached hydrogens (tertiary/aromatic N) is 2. The number of hydrogen-bond acceptors (Lipinski definition) is 4. The van der Waals surface area contributed by atoms with Crippen molar-refractivity contribution in [3.63, 3.8) is 0 Å². The molecule has 0 unspecified atom stereocenters. The largest absolute Gasteiger partial charge is 0.317 e. The van der Waals surface area contributed by atoms with Crippen molar-refractivity contribution in [1.82, 2.24) is 4.57 Å². The van der Waals surface area contributed by atoms with Crippen LogP contribution >= 0.6 is 22.9 Å². The molecule has 0 saturated heterocycles. The van der Waals surface area contributed by atoms with Crippen LogP contribution in [-0.2, 0) is 16.7 Å². The fraction of sp³-hybridized carbons (Fsp3) is 0.118. The zero-order valence-electron chi connectivity index (χ0n) is 13.3. The van der Waals surface area contributed by atoms with E-state index in [1.807, 2.05) is 36.6 Å². The molecule has 2 aromatic carbocycles. The van der Waals surface area contributed by atoms with E-state index < -0.39 is 10.1 Å². The molecule has 1 heterocycles. The average molecular weight is 395 g/mol. The average Bonchev–Trinajstić information content (AvgIpc) is 2.97. The maximum atomic E-state index is 11.1. The van der Waals surface area contributed by atoms with Crippen molar-refractivity contribution in [2.24, 2.45) is 4.99 Å². The molecule has 1 aromatic heterocycles. The van der Waals surface area contributed by atoms with Gasteiger partial charge in [0.05, 0.1) is 16.3 Å². The van der Waals surface area contributed by atoms with E-state index in [0.29, 0.717) is 10.7 Å². The van der Waals surface area contributed by atoms with Gasteiger partial charge in [0.15, 0.2) is 4.80 Å². The Balaban J connectivity index is 2.05. The Labute approximate surface area is 154 Å². The van der Waals surface area contributed by atoms with E-state index in [1.165, 1.54) is 23.5 Å². The molecule has 1 N–H and O–H groups in total. The molecule has 0 aliphatic heterocycles. The first kappa shape index (κ1) is 17.9. The minimum absolute atomic E-state index is 0.152. The third-order valence-corrected chi connectivity index (χ3v) is 5.56. The summed E-state index contributed by atoms with van der Waals surface area (Å²) in [6, 6.07) is 13.4. The highest BCUT2D eigenvalue weighted by molar-refractivity contribution is 7.85. The first-order valence-corrected chi connectivity index (χ1v) is 10.1. The fourth-order valence-corrected chi connectivity index (χ4v) is 4.07. The van der Waals surface area contributed by atoms with Crippen molar-refractivity contribution in [2.45, 2.75) is 18.4 Å². The lowest BCUT2D eigenvalue weighted by Crippen LogP contribution is -2.14. The van der Waals surface area contributed by atoms with Gasteiger partial charge in [0.2, 0.25) is 0 Å². The minimum Gasteiger partial charge on any atom is -0.317 e. The number of rotatable bonds is 4.